The molecule has 0 saturated carbocycles. The maximum absolute atomic E-state index is 12.2. The standard InChI is InChI=1S/C19H25N3O4S2/c1-5-12(2)20-19(24)13(3)21-17(23)10-18-22-16(11-27-18)14-6-8-15(9-7-14)28(4,25)26/h6-9,11-13H,5,10H2,1-4H3,(H,20,24)(H,21,23). The average molecular weight is 424 g/mol. The third-order valence-electron chi connectivity index (χ3n) is 4.21. The number of rotatable bonds is 8. The third-order valence-corrected chi connectivity index (χ3v) is 6.19. The van der Waals surface area contributed by atoms with Crippen molar-refractivity contribution in [1.29, 1.82) is 0 Å². The first-order valence-corrected chi connectivity index (χ1v) is 11.7. The number of thiazole rings is 1. The number of benzene rings is 1. The predicted octanol–water partition coefficient (Wildman–Crippen LogP) is 2.18. The predicted molar refractivity (Wildman–Crippen MR) is 110 cm³/mol. The second kappa shape index (κ2) is 9.29. The summed E-state index contributed by atoms with van der Waals surface area (Å²) in [6.07, 6.45) is 2.05. The van der Waals surface area contributed by atoms with Gasteiger partial charge in [0, 0.05) is 23.2 Å². The van der Waals surface area contributed by atoms with Crippen LogP contribution in [-0.4, -0.2) is 43.6 Å². The van der Waals surface area contributed by atoms with E-state index in [1.807, 2.05) is 19.2 Å². The van der Waals surface area contributed by atoms with E-state index in [0.717, 1.165) is 18.2 Å². The molecule has 0 fully saturated rings. The van der Waals surface area contributed by atoms with E-state index < -0.39 is 15.9 Å². The van der Waals surface area contributed by atoms with Crippen LogP contribution in [0.15, 0.2) is 34.5 Å². The number of hydrogen-bond acceptors (Lipinski definition) is 6. The number of carbonyl (C=O) groups is 2. The van der Waals surface area contributed by atoms with E-state index in [2.05, 4.69) is 15.6 Å². The Hall–Kier alpha value is -2.26. The Balaban J connectivity index is 1.97. The molecule has 28 heavy (non-hydrogen) atoms. The second-order valence-corrected chi connectivity index (χ2v) is 9.67. The average Bonchev–Trinajstić information content (AvgIpc) is 3.09. The number of carbonyl (C=O) groups excluding carboxylic acids is 2. The van der Waals surface area contributed by atoms with E-state index in [1.165, 1.54) is 23.5 Å². The highest BCUT2D eigenvalue weighted by molar-refractivity contribution is 7.90. The quantitative estimate of drug-likeness (QED) is 0.677. The number of nitrogens with zero attached hydrogens (tertiary/aromatic N) is 1. The lowest BCUT2D eigenvalue weighted by atomic mass is 10.2. The highest BCUT2D eigenvalue weighted by Crippen LogP contribution is 2.23. The maximum Gasteiger partial charge on any atom is 0.242 e. The van der Waals surface area contributed by atoms with Gasteiger partial charge in [-0.3, -0.25) is 9.59 Å². The van der Waals surface area contributed by atoms with Gasteiger partial charge in [0.15, 0.2) is 9.84 Å². The lowest BCUT2D eigenvalue weighted by Crippen LogP contribution is -2.47. The fraction of sp³-hybridized carbons (Fsp3) is 0.421. The first-order valence-electron chi connectivity index (χ1n) is 8.94. The second-order valence-electron chi connectivity index (χ2n) is 6.71. The van der Waals surface area contributed by atoms with Crippen LogP contribution in [0.4, 0.5) is 0 Å². The van der Waals surface area contributed by atoms with Gasteiger partial charge in [-0.2, -0.15) is 0 Å². The van der Waals surface area contributed by atoms with Gasteiger partial charge in [0.05, 0.1) is 17.0 Å². The molecule has 0 spiro atoms. The van der Waals surface area contributed by atoms with E-state index in [0.29, 0.717) is 10.7 Å². The van der Waals surface area contributed by atoms with Crippen molar-refractivity contribution in [3.05, 3.63) is 34.7 Å². The van der Waals surface area contributed by atoms with Crippen LogP contribution in [0, 0.1) is 0 Å². The summed E-state index contributed by atoms with van der Waals surface area (Å²) in [6.45, 7) is 5.53. The molecule has 2 aromatic rings. The number of amides is 2. The van der Waals surface area contributed by atoms with Crippen LogP contribution >= 0.6 is 11.3 Å². The van der Waals surface area contributed by atoms with Gasteiger partial charge in [-0.15, -0.1) is 11.3 Å². The molecule has 0 bridgehead atoms. The van der Waals surface area contributed by atoms with Gasteiger partial charge in [0.1, 0.15) is 11.0 Å². The largest absolute Gasteiger partial charge is 0.352 e. The Labute approximate surface area is 169 Å². The minimum Gasteiger partial charge on any atom is -0.352 e. The van der Waals surface area contributed by atoms with Crippen LogP contribution in [0.3, 0.4) is 0 Å². The van der Waals surface area contributed by atoms with Gasteiger partial charge in [-0.05, 0) is 32.4 Å². The molecule has 0 aliphatic heterocycles. The summed E-state index contributed by atoms with van der Waals surface area (Å²) in [6, 6.07) is 5.89. The first-order chi connectivity index (χ1) is 13.1. The molecule has 9 heteroatoms. The summed E-state index contributed by atoms with van der Waals surface area (Å²) in [5.74, 6) is -0.492. The number of aromatic nitrogens is 1. The van der Waals surface area contributed by atoms with Crippen molar-refractivity contribution < 1.29 is 18.0 Å². The maximum atomic E-state index is 12.2. The smallest absolute Gasteiger partial charge is 0.242 e. The molecule has 0 aliphatic rings. The van der Waals surface area contributed by atoms with Gasteiger partial charge < -0.3 is 10.6 Å². The summed E-state index contributed by atoms with van der Waals surface area (Å²) >= 11 is 1.34. The summed E-state index contributed by atoms with van der Waals surface area (Å²) in [7, 11) is -3.24. The number of nitrogens with one attached hydrogen (secondary N) is 2. The van der Waals surface area contributed by atoms with Crippen LogP contribution in [0.25, 0.3) is 11.3 Å². The Bertz CT molecular complexity index is 936. The molecule has 7 nitrogen and oxygen atoms in total. The van der Waals surface area contributed by atoms with Crippen LogP contribution in [-0.2, 0) is 25.8 Å². The minimum atomic E-state index is -3.24. The lowest BCUT2D eigenvalue weighted by Gasteiger charge is -2.17. The molecule has 1 heterocycles. The van der Waals surface area contributed by atoms with E-state index in [-0.39, 0.29) is 29.2 Å². The fourth-order valence-corrected chi connectivity index (χ4v) is 3.80. The SMILES string of the molecule is CCC(C)NC(=O)C(C)NC(=O)Cc1nc(-c2ccc(S(C)(=O)=O)cc2)cs1. The highest BCUT2D eigenvalue weighted by Gasteiger charge is 2.18. The van der Waals surface area contributed by atoms with Gasteiger partial charge in [0.25, 0.3) is 0 Å². The zero-order valence-corrected chi connectivity index (χ0v) is 18.0. The summed E-state index contributed by atoms with van der Waals surface area (Å²) in [5.41, 5.74) is 1.45. The fourth-order valence-electron chi connectivity index (χ4n) is 2.36. The molecule has 1 aromatic carbocycles. The zero-order valence-electron chi connectivity index (χ0n) is 16.4. The number of hydrogen-bond donors (Lipinski definition) is 2. The first kappa shape index (κ1) is 22.0. The zero-order chi connectivity index (χ0) is 20.9. The van der Waals surface area contributed by atoms with Crippen LogP contribution in [0.2, 0.25) is 0 Å². The van der Waals surface area contributed by atoms with Gasteiger partial charge >= 0.3 is 0 Å². The summed E-state index contributed by atoms with van der Waals surface area (Å²) in [4.78, 5) is 28.9. The molecule has 2 amide bonds. The van der Waals surface area contributed by atoms with E-state index >= 15 is 0 Å². The molecular formula is C19H25N3O4S2. The van der Waals surface area contributed by atoms with E-state index in [4.69, 9.17) is 0 Å². The summed E-state index contributed by atoms with van der Waals surface area (Å²) < 4.78 is 23.1. The van der Waals surface area contributed by atoms with Gasteiger partial charge in [-0.1, -0.05) is 19.1 Å². The Morgan fingerprint density at radius 1 is 1.14 bits per heavy atom. The van der Waals surface area contributed by atoms with Crippen molar-refractivity contribution in [3.63, 3.8) is 0 Å². The Kier molecular flexibility index (Phi) is 7.31. The minimum absolute atomic E-state index is 0.0578. The van der Waals surface area contributed by atoms with Crippen molar-refractivity contribution in [1.82, 2.24) is 15.6 Å². The van der Waals surface area contributed by atoms with E-state index in [1.54, 1.807) is 19.1 Å². The summed E-state index contributed by atoms with van der Waals surface area (Å²) in [5, 5.41) is 7.95. The van der Waals surface area contributed by atoms with Gasteiger partial charge in [-0.25, -0.2) is 13.4 Å². The molecular weight excluding hydrogens is 398 g/mol. The van der Waals surface area contributed by atoms with Gasteiger partial charge in [0.2, 0.25) is 11.8 Å². The lowest BCUT2D eigenvalue weighted by molar-refractivity contribution is -0.128. The van der Waals surface area contributed by atoms with Crippen molar-refractivity contribution in [2.45, 2.75) is 50.6 Å². The molecule has 1 aromatic heterocycles. The third kappa shape index (κ3) is 6.13. The topological polar surface area (TPSA) is 105 Å². The van der Waals surface area contributed by atoms with Crippen molar-refractivity contribution >= 4 is 33.0 Å². The van der Waals surface area contributed by atoms with Crippen LogP contribution in [0.1, 0.15) is 32.2 Å². The highest BCUT2D eigenvalue weighted by atomic mass is 32.2. The van der Waals surface area contributed by atoms with Crippen molar-refractivity contribution in [2.24, 2.45) is 0 Å². The molecule has 0 aliphatic carbocycles. The van der Waals surface area contributed by atoms with Crippen LogP contribution in [0.5, 0.6) is 0 Å². The monoisotopic (exact) mass is 423 g/mol. The van der Waals surface area contributed by atoms with E-state index in [9.17, 15) is 18.0 Å². The molecule has 0 radical (unpaired) electrons. The Morgan fingerprint density at radius 3 is 2.36 bits per heavy atom. The molecule has 152 valence electrons. The molecule has 0 saturated heterocycles. The number of sulfone groups is 1. The Morgan fingerprint density at radius 2 is 1.79 bits per heavy atom. The molecule has 2 unspecified atom stereocenters. The van der Waals surface area contributed by atoms with Crippen molar-refractivity contribution in [3.8, 4) is 11.3 Å². The molecule has 2 rings (SSSR count). The van der Waals surface area contributed by atoms with Crippen molar-refractivity contribution in [2.75, 3.05) is 6.26 Å². The van der Waals surface area contributed by atoms with Crippen LogP contribution < -0.4 is 10.6 Å². The molecule has 2 N–H and O–H groups in total. The normalized spacial score (nSPS) is 13.6. The molecule has 2 atom stereocenters.